The zero-order valence-electron chi connectivity index (χ0n) is 16.8. The van der Waals surface area contributed by atoms with Crippen LogP contribution in [0.4, 0.5) is 0 Å². The van der Waals surface area contributed by atoms with Gasteiger partial charge in [0.05, 0.1) is 22.3 Å². The van der Waals surface area contributed by atoms with Gasteiger partial charge in [0.2, 0.25) is 0 Å². The van der Waals surface area contributed by atoms with Gasteiger partial charge in [0.25, 0.3) is 0 Å². The van der Waals surface area contributed by atoms with Gasteiger partial charge in [0.1, 0.15) is 11.3 Å². The van der Waals surface area contributed by atoms with Crippen molar-refractivity contribution in [3.05, 3.63) is 70.8 Å². The predicted molar refractivity (Wildman–Crippen MR) is 117 cm³/mol. The number of likely N-dealkylation sites (N-methyl/N-ethyl adjacent to an activating group) is 1. The van der Waals surface area contributed by atoms with Crippen LogP contribution in [-0.2, 0) is 0 Å². The number of nitrogens with one attached hydrogen (secondary N) is 1. The summed E-state index contributed by atoms with van der Waals surface area (Å²) in [6.45, 7) is 6.45. The summed E-state index contributed by atoms with van der Waals surface area (Å²) in [6, 6.07) is 6.77. The highest BCUT2D eigenvalue weighted by Gasteiger charge is 2.35. The van der Waals surface area contributed by atoms with Crippen LogP contribution in [0.2, 0.25) is 0 Å². The summed E-state index contributed by atoms with van der Waals surface area (Å²) in [5.41, 5.74) is 6.91. The van der Waals surface area contributed by atoms with E-state index in [4.69, 9.17) is 4.98 Å². The minimum Gasteiger partial charge on any atom is -0.281 e. The second-order valence-corrected chi connectivity index (χ2v) is 8.50. The van der Waals surface area contributed by atoms with Gasteiger partial charge < -0.3 is 0 Å². The summed E-state index contributed by atoms with van der Waals surface area (Å²) in [7, 11) is 2.11. The number of hydrogen-bond acceptors (Lipinski definition) is 6. The number of rotatable bonds is 3. The van der Waals surface area contributed by atoms with E-state index in [0.29, 0.717) is 0 Å². The molecule has 1 unspecified atom stereocenters. The van der Waals surface area contributed by atoms with Gasteiger partial charge in [0, 0.05) is 24.4 Å². The number of thiazole rings is 1. The molecule has 1 aromatic carbocycles. The van der Waals surface area contributed by atoms with Crippen LogP contribution < -0.4 is 0 Å². The molecule has 0 bridgehead atoms. The monoisotopic (exact) mass is 402 g/mol. The molecule has 6 nitrogen and oxygen atoms in total. The molecule has 0 amide bonds. The number of aromatic amines is 1. The summed E-state index contributed by atoms with van der Waals surface area (Å²) >= 11 is 1.67. The van der Waals surface area contributed by atoms with Gasteiger partial charge in [-0.1, -0.05) is 23.3 Å². The molecule has 2 aliphatic heterocycles. The van der Waals surface area contributed by atoms with Crippen molar-refractivity contribution in [3.63, 3.8) is 0 Å². The Morgan fingerprint density at radius 2 is 1.90 bits per heavy atom. The molecule has 29 heavy (non-hydrogen) atoms. The average Bonchev–Trinajstić information content (AvgIpc) is 3.41. The number of aryl methyl sites for hydroxylation is 2. The third-order valence-corrected chi connectivity index (χ3v) is 6.51. The molecule has 3 aromatic rings. The van der Waals surface area contributed by atoms with Gasteiger partial charge in [-0.3, -0.25) is 10.1 Å². The first-order valence-corrected chi connectivity index (χ1v) is 10.4. The van der Waals surface area contributed by atoms with E-state index in [9.17, 15) is 0 Å². The summed E-state index contributed by atoms with van der Waals surface area (Å²) in [6.07, 6.45) is 9.92. The summed E-state index contributed by atoms with van der Waals surface area (Å²) in [5.74, 6) is 0.753. The van der Waals surface area contributed by atoms with E-state index >= 15 is 0 Å². The lowest BCUT2D eigenvalue weighted by Crippen LogP contribution is -2.34. The Labute approximate surface area is 173 Å². The second kappa shape index (κ2) is 6.79. The molecule has 1 N–H and O–H groups in total. The fraction of sp³-hybridized carbons (Fsp3) is 0.227. The normalized spacial score (nSPS) is 18.8. The lowest BCUT2D eigenvalue weighted by atomic mass is 10.0. The Kier molecular flexibility index (Phi) is 4.22. The van der Waals surface area contributed by atoms with Crippen LogP contribution in [0.5, 0.6) is 0 Å². The zero-order valence-corrected chi connectivity index (χ0v) is 17.7. The quantitative estimate of drug-likeness (QED) is 0.696. The van der Waals surface area contributed by atoms with Crippen LogP contribution in [0.15, 0.2) is 54.7 Å². The molecule has 0 saturated carbocycles. The Bertz CT molecular complexity index is 1150. The summed E-state index contributed by atoms with van der Waals surface area (Å²) in [5, 5.41) is 12.5. The van der Waals surface area contributed by atoms with Crippen molar-refractivity contribution >= 4 is 16.9 Å². The lowest BCUT2D eigenvalue weighted by Gasteiger charge is -2.28. The first kappa shape index (κ1) is 18.0. The van der Waals surface area contributed by atoms with E-state index in [-0.39, 0.29) is 6.04 Å². The Hall–Kier alpha value is -3.03. The highest BCUT2D eigenvalue weighted by atomic mass is 32.1. The van der Waals surface area contributed by atoms with E-state index < -0.39 is 0 Å². The van der Waals surface area contributed by atoms with E-state index in [1.54, 1.807) is 17.7 Å². The zero-order chi connectivity index (χ0) is 20.1. The molecule has 7 heteroatoms. The number of hydrogen-bond donors (Lipinski definition) is 1. The maximum absolute atomic E-state index is 5.14. The van der Waals surface area contributed by atoms with Crippen molar-refractivity contribution in [3.8, 4) is 22.0 Å². The van der Waals surface area contributed by atoms with Crippen molar-refractivity contribution in [1.82, 2.24) is 30.2 Å². The Morgan fingerprint density at radius 1 is 1.10 bits per heavy atom. The minimum atomic E-state index is 0.221. The van der Waals surface area contributed by atoms with Gasteiger partial charge in [-0.15, -0.1) is 11.3 Å². The van der Waals surface area contributed by atoms with Crippen LogP contribution in [0.3, 0.4) is 0 Å². The van der Waals surface area contributed by atoms with Crippen LogP contribution >= 0.6 is 11.3 Å². The predicted octanol–water partition coefficient (Wildman–Crippen LogP) is 4.56. The van der Waals surface area contributed by atoms with Gasteiger partial charge >= 0.3 is 0 Å². The maximum Gasteiger partial charge on any atom is 0.167 e. The number of benzene rings is 1. The molecular formula is C22H22N6S. The largest absolute Gasteiger partial charge is 0.281 e. The van der Waals surface area contributed by atoms with Crippen molar-refractivity contribution in [2.75, 3.05) is 7.05 Å². The highest BCUT2D eigenvalue weighted by molar-refractivity contribution is 7.16. The molecule has 146 valence electrons. The van der Waals surface area contributed by atoms with Crippen LogP contribution in [0.25, 0.3) is 27.5 Å². The smallest absolute Gasteiger partial charge is 0.167 e. The van der Waals surface area contributed by atoms with Gasteiger partial charge in [-0.05, 0) is 45.1 Å². The number of fused-ring (bicyclic) bond motifs is 1. The number of nitrogens with zero attached hydrogens (tertiary/aromatic N) is 5. The Morgan fingerprint density at radius 3 is 2.62 bits per heavy atom. The van der Waals surface area contributed by atoms with Gasteiger partial charge in [-0.2, -0.15) is 5.10 Å². The number of allylic oxidation sites excluding steroid dienone is 3. The van der Waals surface area contributed by atoms with Crippen LogP contribution in [0, 0.1) is 13.8 Å². The van der Waals surface area contributed by atoms with E-state index in [0.717, 1.165) is 27.0 Å². The topological polar surface area (TPSA) is 60.9 Å². The van der Waals surface area contributed by atoms with Crippen molar-refractivity contribution in [2.45, 2.75) is 26.8 Å². The molecule has 0 radical (unpaired) electrons. The van der Waals surface area contributed by atoms with Crippen LogP contribution in [0.1, 0.15) is 23.1 Å². The van der Waals surface area contributed by atoms with Gasteiger partial charge in [0.15, 0.2) is 5.82 Å². The van der Waals surface area contributed by atoms with E-state index in [1.807, 2.05) is 0 Å². The first-order chi connectivity index (χ1) is 14.0. The number of aromatic nitrogens is 4. The third kappa shape index (κ3) is 2.94. The number of hydrazine groups is 1. The van der Waals surface area contributed by atoms with Crippen LogP contribution in [-0.4, -0.2) is 43.3 Å². The van der Waals surface area contributed by atoms with E-state index in [2.05, 4.69) is 95.6 Å². The fourth-order valence-corrected chi connectivity index (χ4v) is 5.19. The molecule has 4 heterocycles. The molecule has 0 spiro atoms. The van der Waals surface area contributed by atoms with Gasteiger partial charge in [-0.25, -0.2) is 15.0 Å². The SMILES string of the molecule is Cc1cc(C)cc(-c2nc(C3=C4C=CC=CN4N(C)C3C)sc2-c2ncn[nH]2)c1. The Balaban J connectivity index is 1.72. The summed E-state index contributed by atoms with van der Waals surface area (Å²) in [4.78, 5) is 10.6. The summed E-state index contributed by atoms with van der Waals surface area (Å²) < 4.78 is 0. The second-order valence-electron chi connectivity index (χ2n) is 7.50. The average molecular weight is 403 g/mol. The fourth-order valence-electron chi connectivity index (χ4n) is 4.02. The van der Waals surface area contributed by atoms with Crippen molar-refractivity contribution < 1.29 is 0 Å². The minimum absolute atomic E-state index is 0.221. The molecule has 2 aromatic heterocycles. The molecule has 5 rings (SSSR count). The lowest BCUT2D eigenvalue weighted by molar-refractivity contribution is 0.0961. The molecule has 0 fully saturated rings. The molecule has 2 aliphatic rings. The first-order valence-electron chi connectivity index (χ1n) is 9.59. The molecular weight excluding hydrogens is 380 g/mol. The number of H-pyrrole nitrogens is 1. The van der Waals surface area contributed by atoms with Crippen molar-refractivity contribution in [1.29, 1.82) is 0 Å². The maximum atomic E-state index is 5.14. The molecule has 0 aliphatic carbocycles. The highest BCUT2D eigenvalue weighted by Crippen LogP contribution is 2.43. The van der Waals surface area contributed by atoms with E-state index in [1.165, 1.54) is 22.4 Å². The standard InChI is InChI=1S/C22H22N6S/c1-13-9-14(2)11-16(10-13)19-20(21-23-12-24-26-21)29-22(25-19)18-15(3)27(4)28-8-6-5-7-17(18)28/h5-12,15H,1-4H3,(H,23,24,26). The third-order valence-electron chi connectivity index (χ3n) is 5.42. The van der Waals surface area contributed by atoms with Crippen molar-refractivity contribution in [2.24, 2.45) is 0 Å². The molecule has 1 atom stereocenters. The molecule has 0 saturated heterocycles.